The molecule has 6 heteroatoms. The number of nitrogens with one attached hydrogen (secondary N) is 2. The van der Waals surface area contributed by atoms with Gasteiger partial charge in [0.2, 0.25) is 0 Å². The van der Waals surface area contributed by atoms with Crippen molar-refractivity contribution in [3.8, 4) is 0 Å². The van der Waals surface area contributed by atoms with Crippen LogP contribution in [0.1, 0.15) is 29.6 Å². The average molecular weight is 303 g/mol. The Labute approximate surface area is 129 Å². The summed E-state index contributed by atoms with van der Waals surface area (Å²) in [4.78, 5) is 25.5. The van der Waals surface area contributed by atoms with E-state index < -0.39 is 0 Å². The van der Waals surface area contributed by atoms with E-state index in [2.05, 4.69) is 10.6 Å². The van der Waals surface area contributed by atoms with Crippen molar-refractivity contribution in [2.75, 3.05) is 31.1 Å². The zero-order valence-corrected chi connectivity index (χ0v) is 12.5. The summed E-state index contributed by atoms with van der Waals surface area (Å²) in [5, 5.41) is 5.67. The molecule has 1 atom stereocenters. The van der Waals surface area contributed by atoms with Gasteiger partial charge in [0, 0.05) is 37.5 Å². The molecule has 2 heterocycles. The van der Waals surface area contributed by atoms with Crippen molar-refractivity contribution in [1.82, 2.24) is 10.6 Å². The lowest BCUT2D eigenvalue weighted by molar-refractivity contribution is 0.0907. The normalized spacial score (nSPS) is 21.0. The third kappa shape index (κ3) is 3.39. The molecule has 0 spiro atoms. The summed E-state index contributed by atoms with van der Waals surface area (Å²) in [6.45, 7) is 2.70. The topological polar surface area (TPSA) is 70.7 Å². The number of rotatable bonds is 5. The molecular weight excluding hydrogens is 282 g/mol. The molecule has 2 saturated heterocycles. The van der Waals surface area contributed by atoms with Crippen LogP contribution in [0, 0.1) is 0 Å². The van der Waals surface area contributed by atoms with Crippen LogP contribution in [0.5, 0.6) is 0 Å². The minimum atomic E-state index is -0.115. The molecule has 2 N–H and O–H groups in total. The van der Waals surface area contributed by atoms with E-state index in [0.29, 0.717) is 25.2 Å². The summed E-state index contributed by atoms with van der Waals surface area (Å²) in [6.07, 6.45) is 3.31. The first-order chi connectivity index (χ1) is 10.7. The third-order valence-electron chi connectivity index (χ3n) is 4.05. The van der Waals surface area contributed by atoms with Gasteiger partial charge in [-0.05, 0) is 37.5 Å². The Morgan fingerprint density at radius 3 is 3.09 bits per heavy atom. The van der Waals surface area contributed by atoms with E-state index in [1.807, 2.05) is 6.07 Å². The predicted molar refractivity (Wildman–Crippen MR) is 83.1 cm³/mol. The summed E-state index contributed by atoms with van der Waals surface area (Å²) in [6, 6.07) is 7.05. The lowest BCUT2D eigenvalue weighted by Gasteiger charge is -2.15. The molecule has 1 unspecified atom stereocenters. The van der Waals surface area contributed by atoms with E-state index in [4.69, 9.17) is 4.74 Å². The lowest BCUT2D eigenvalue weighted by atomic mass is 10.1. The average Bonchev–Trinajstić information content (AvgIpc) is 3.19. The standard InChI is InChI=1S/C16H21N3O3/c20-15(17-7-6-14-5-2-10-22-14)12-3-1-4-13(11-12)19-9-8-18-16(19)21/h1,3-4,11,14H,2,5-10H2,(H,17,20)(H,18,21). The second kappa shape index (κ2) is 6.79. The number of urea groups is 1. The number of anilines is 1. The Morgan fingerprint density at radius 2 is 2.36 bits per heavy atom. The van der Waals surface area contributed by atoms with E-state index in [0.717, 1.165) is 31.6 Å². The van der Waals surface area contributed by atoms with E-state index in [9.17, 15) is 9.59 Å². The third-order valence-corrected chi connectivity index (χ3v) is 4.05. The second-order valence-corrected chi connectivity index (χ2v) is 5.61. The lowest BCUT2D eigenvalue weighted by Crippen LogP contribution is -2.29. The maximum Gasteiger partial charge on any atom is 0.321 e. The first kappa shape index (κ1) is 14.8. The van der Waals surface area contributed by atoms with Crippen LogP contribution in [-0.4, -0.2) is 44.3 Å². The van der Waals surface area contributed by atoms with Gasteiger partial charge in [0.25, 0.3) is 5.91 Å². The molecule has 2 aliphatic heterocycles. The molecule has 0 aliphatic carbocycles. The summed E-state index contributed by atoms with van der Waals surface area (Å²) >= 11 is 0. The number of hydrogen-bond acceptors (Lipinski definition) is 3. The SMILES string of the molecule is O=C(NCCC1CCCO1)c1cccc(N2CCNC2=O)c1. The van der Waals surface area contributed by atoms with Gasteiger partial charge in [-0.15, -0.1) is 0 Å². The fourth-order valence-electron chi connectivity index (χ4n) is 2.85. The molecule has 0 radical (unpaired) electrons. The number of amides is 3. The largest absolute Gasteiger partial charge is 0.378 e. The van der Waals surface area contributed by atoms with E-state index in [1.54, 1.807) is 23.1 Å². The zero-order valence-electron chi connectivity index (χ0n) is 12.5. The van der Waals surface area contributed by atoms with Gasteiger partial charge in [-0.3, -0.25) is 9.69 Å². The van der Waals surface area contributed by atoms with Crippen LogP contribution in [0.15, 0.2) is 24.3 Å². The van der Waals surface area contributed by atoms with E-state index in [-0.39, 0.29) is 18.0 Å². The molecule has 3 rings (SSSR count). The Balaban J connectivity index is 1.56. The number of carbonyl (C=O) groups excluding carboxylic acids is 2. The first-order valence-corrected chi connectivity index (χ1v) is 7.79. The van der Waals surface area contributed by atoms with Crippen molar-refractivity contribution in [2.24, 2.45) is 0 Å². The summed E-state index contributed by atoms with van der Waals surface area (Å²) in [5.74, 6) is -0.112. The van der Waals surface area contributed by atoms with Gasteiger partial charge in [0.15, 0.2) is 0 Å². The van der Waals surface area contributed by atoms with Crippen LogP contribution in [0.2, 0.25) is 0 Å². The Kier molecular flexibility index (Phi) is 4.58. The van der Waals surface area contributed by atoms with Gasteiger partial charge in [-0.1, -0.05) is 6.07 Å². The molecule has 2 aliphatic rings. The number of ether oxygens (including phenoxy) is 1. The molecule has 1 aromatic carbocycles. The van der Waals surface area contributed by atoms with Crippen LogP contribution in [0.25, 0.3) is 0 Å². The maximum atomic E-state index is 12.2. The van der Waals surface area contributed by atoms with Crippen molar-refractivity contribution in [3.05, 3.63) is 29.8 Å². The molecule has 0 aromatic heterocycles. The molecule has 1 aromatic rings. The van der Waals surface area contributed by atoms with Crippen molar-refractivity contribution in [1.29, 1.82) is 0 Å². The van der Waals surface area contributed by atoms with Crippen LogP contribution in [0.3, 0.4) is 0 Å². The molecule has 22 heavy (non-hydrogen) atoms. The highest BCUT2D eigenvalue weighted by Crippen LogP contribution is 2.18. The van der Waals surface area contributed by atoms with Gasteiger partial charge in [-0.2, -0.15) is 0 Å². The molecule has 0 bridgehead atoms. The smallest absolute Gasteiger partial charge is 0.321 e. The van der Waals surface area contributed by atoms with E-state index >= 15 is 0 Å². The van der Waals surface area contributed by atoms with Crippen LogP contribution >= 0.6 is 0 Å². The molecular formula is C16H21N3O3. The number of carbonyl (C=O) groups is 2. The van der Waals surface area contributed by atoms with Gasteiger partial charge in [0.05, 0.1) is 6.10 Å². The van der Waals surface area contributed by atoms with Gasteiger partial charge >= 0.3 is 6.03 Å². The van der Waals surface area contributed by atoms with Crippen LogP contribution < -0.4 is 15.5 Å². The van der Waals surface area contributed by atoms with Gasteiger partial charge in [-0.25, -0.2) is 4.79 Å². The Bertz CT molecular complexity index is 555. The fourth-order valence-corrected chi connectivity index (χ4v) is 2.85. The van der Waals surface area contributed by atoms with Crippen LogP contribution in [-0.2, 0) is 4.74 Å². The molecule has 3 amide bonds. The molecule has 2 fully saturated rings. The zero-order chi connectivity index (χ0) is 15.4. The quantitative estimate of drug-likeness (QED) is 0.866. The summed E-state index contributed by atoms with van der Waals surface area (Å²) in [5.41, 5.74) is 1.33. The highest BCUT2D eigenvalue weighted by molar-refractivity contribution is 5.98. The van der Waals surface area contributed by atoms with Crippen molar-refractivity contribution in [2.45, 2.75) is 25.4 Å². The maximum absolute atomic E-state index is 12.2. The summed E-state index contributed by atoms with van der Waals surface area (Å²) < 4.78 is 5.54. The number of benzene rings is 1. The van der Waals surface area contributed by atoms with Gasteiger partial charge in [0.1, 0.15) is 0 Å². The highest BCUT2D eigenvalue weighted by Gasteiger charge is 2.22. The highest BCUT2D eigenvalue weighted by atomic mass is 16.5. The Hall–Kier alpha value is -2.08. The number of hydrogen-bond donors (Lipinski definition) is 2. The first-order valence-electron chi connectivity index (χ1n) is 7.79. The van der Waals surface area contributed by atoms with Crippen LogP contribution in [0.4, 0.5) is 10.5 Å². The predicted octanol–water partition coefficient (Wildman–Crippen LogP) is 1.52. The fraction of sp³-hybridized carbons (Fsp3) is 0.500. The van der Waals surface area contributed by atoms with Gasteiger partial charge < -0.3 is 15.4 Å². The number of nitrogens with zero attached hydrogens (tertiary/aromatic N) is 1. The monoisotopic (exact) mass is 303 g/mol. The van der Waals surface area contributed by atoms with E-state index in [1.165, 1.54) is 0 Å². The minimum absolute atomic E-state index is 0.112. The molecule has 6 nitrogen and oxygen atoms in total. The minimum Gasteiger partial charge on any atom is -0.378 e. The van der Waals surface area contributed by atoms with Crippen molar-refractivity contribution < 1.29 is 14.3 Å². The second-order valence-electron chi connectivity index (χ2n) is 5.61. The van der Waals surface area contributed by atoms with Crippen molar-refractivity contribution >= 4 is 17.6 Å². The molecule has 0 saturated carbocycles. The molecule has 118 valence electrons. The Morgan fingerprint density at radius 1 is 1.45 bits per heavy atom. The summed E-state index contributed by atoms with van der Waals surface area (Å²) in [7, 11) is 0. The van der Waals surface area contributed by atoms with Crippen molar-refractivity contribution in [3.63, 3.8) is 0 Å².